The van der Waals surface area contributed by atoms with Gasteiger partial charge in [-0.1, -0.05) is 153 Å². The van der Waals surface area contributed by atoms with Crippen LogP contribution in [0.2, 0.25) is 0 Å². The molecule has 1 unspecified atom stereocenters. The molecule has 0 spiro atoms. The van der Waals surface area contributed by atoms with Gasteiger partial charge in [-0.05, 0) is 78.5 Å². The molecule has 4 heteroatoms. The fourth-order valence-electron chi connectivity index (χ4n) is 6.07. The first-order chi connectivity index (χ1) is 21.3. The van der Waals surface area contributed by atoms with E-state index >= 15 is 0 Å². The van der Waals surface area contributed by atoms with Crippen molar-refractivity contribution < 1.29 is 0 Å². The van der Waals surface area contributed by atoms with Gasteiger partial charge < -0.3 is 4.37 Å². The molecule has 0 amide bonds. The smallest absolute Gasteiger partial charge is 0.0682 e. The van der Waals surface area contributed by atoms with Crippen molar-refractivity contribution >= 4 is 45.0 Å². The van der Waals surface area contributed by atoms with Crippen molar-refractivity contribution in [3.8, 4) is 43.8 Å². The largest absolute Gasteiger partial charge is 0.316 e. The molecule has 43 heavy (non-hydrogen) atoms. The summed E-state index contributed by atoms with van der Waals surface area (Å²) in [6.45, 7) is 4.00. The Hall–Kier alpha value is -4.09. The van der Waals surface area contributed by atoms with Crippen molar-refractivity contribution in [1.29, 1.82) is 0 Å². The molecule has 0 aliphatic carbocycles. The maximum atomic E-state index is 3.46. The predicted molar refractivity (Wildman–Crippen MR) is 190 cm³/mol. The molecule has 212 valence electrons. The van der Waals surface area contributed by atoms with Crippen molar-refractivity contribution in [1.82, 2.24) is 9.10 Å². The lowest BCUT2D eigenvalue weighted by molar-refractivity contribution is 0.657. The Bertz CT molecular complexity index is 1970. The van der Waals surface area contributed by atoms with Gasteiger partial charge in [0, 0.05) is 18.0 Å². The number of benzene rings is 6. The van der Waals surface area contributed by atoms with Gasteiger partial charge in [-0.2, -0.15) is 0 Å². The van der Waals surface area contributed by atoms with Crippen LogP contribution in [-0.4, -0.2) is 16.2 Å². The van der Waals surface area contributed by atoms with Crippen molar-refractivity contribution in [3.05, 3.63) is 133 Å². The highest BCUT2D eigenvalue weighted by molar-refractivity contribution is 7.98. The summed E-state index contributed by atoms with van der Waals surface area (Å²) in [5.74, 6) is 1.19. The molecule has 1 atom stereocenters. The highest BCUT2D eigenvalue weighted by atomic mass is 32.2. The Labute approximate surface area is 262 Å². The third-order valence-corrected chi connectivity index (χ3v) is 10.1. The first-order valence-electron chi connectivity index (χ1n) is 15.1. The summed E-state index contributed by atoms with van der Waals surface area (Å²) in [5, 5.41) is 5.14. The molecule has 6 aromatic carbocycles. The lowest BCUT2D eigenvalue weighted by atomic mass is 9.84. The van der Waals surface area contributed by atoms with E-state index in [0.717, 1.165) is 6.42 Å². The third kappa shape index (κ3) is 5.31. The summed E-state index contributed by atoms with van der Waals surface area (Å²) >= 11 is 3.50. The normalized spacial score (nSPS) is 14.3. The first-order valence-corrected chi connectivity index (χ1v) is 16.9. The van der Waals surface area contributed by atoms with Crippen molar-refractivity contribution in [2.75, 3.05) is 5.75 Å². The molecule has 1 aliphatic heterocycles. The maximum Gasteiger partial charge on any atom is 0.0682 e. The Kier molecular flexibility index (Phi) is 7.90. The van der Waals surface area contributed by atoms with Gasteiger partial charge >= 0.3 is 0 Å². The second kappa shape index (κ2) is 12.3. The van der Waals surface area contributed by atoms with E-state index in [0.29, 0.717) is 6.04 Å². The molecule has 2 heterocycles. The van der Waals surface area contributed by atoms with Crippen LogP contribution in [0, 0.1) is 0 Å². The third-order valence-electron chi connectivity index (χ3n) is 8.21. The van der Waals surface area contributed by atoms with E-state index in [1.807, 2.05) is 25.8 Å². The Morgan fingerprint density at radius 2 is 1.12 bits per heavy atom. The lowest BCUT2D eigenvalue weighted by Gasteiger charge is -2.26. The SMILES string of the molecule is CC.c1ccc(-c2ccc3c(-c4ccc(-c5c[nH]s5)cc4)c4ccccc4c(-c4ccc(CC5CSN5)cc4)c3c2)cc1. The summed E-state index contributed by atoms with van der Waals surface area (Å²) < 4.78 is 6.62. The van der Waals surface area contributed by atoms with Crippen LogP contribution in [0.3, 0.4) is 0 Å². The highest BCUT2D eigenvalue weighted by Gasteiger charge is 2.20. The summed E-state index contributed by atoms with van der Waals surface area (Å²) in [7, 11) is 0. The number of H-pyrrole nitrogens is 1. The standard InChI is InChI=1S/C37H28N2S2.C2H6/c1-2-6-25(7-3-1)29-18-19-33-34(21-29)37(27-12-10-24(11-13-27)20-30-23-40-39-30)32-9-5-4-8-31(32)36(33)28-16-14-26(15-17-28)35-22-38-41-35;1-2/h1-19,21-22,30,38-39H,20,23H2;1-2H3. The van der Waals surface area contributed by atoms with Crippen molar-refractivity contribution in [2.24, 2.45) is 0 Å². The number of hydrogen-bond acceptors (Lipinski definition) is 3. The van der Waals surface area contributed by atoms with Gasteiger partial charge in [0.15, 0.2) is 0 Å². The van der Waals surface area contributed by atoms with Crippen LogP contribution in [0.1, 0.15) is 19.4 Å². The van der Waals surface area contributed by atoms with Crippen LogP contribution in [-0.2, 0) is 6.42 Å². The Balaban J connectivity index is 0.00000147. The average molecular weight is 595 g/mol. The molecule has 0 saturated carbocycles. The van der Waals surface area contributed by atoms with E-state index in [1.165, 1.54) is 76.7 Å². The number of aromatic amines is 1. The monoisotopic (exact) mass is 594 g/mol. The van der Waals surface area contributed by atoms with Gasteiger partial charge in [-0.25, -0.2) is 0 Å². The average Bonchev–Trinajstić information content (AvgIpc) is 3.03. The van der Waals surface area contributed by atoms with Gasteiger partial charge in [0.05, 0.1) is 4.88 Å². The van der Waals surface area contributed by atoms with Gasteiger partial charge in [-0.15, -0.1) is 0 Å². The second-order valence-electron chi connectivity index (χ2n) is 10.8. The molecule has 1 aliphatic rings. The molecular weight excluding hydrogens is 561 g/mol. The Morgan fingerprint density at radius 3 is 1.70 bits per heavy atom. The minimum absolute atomic E-state index is 0.585. The molecule has 7 aromatic rings. The van der Waals surface area contributed by atoms with E-state index in [-0.39, 0.29) is 0 Å². The zero-order valence-corrected chi connectivity index (χ0v) is 26.1. The molecule has 1 aromatic heterocycles. The topological polar surface area (TPSA) is 27.8 Å². The van der Waals surface area contributed by atoms with Crippen LogP contribution in [0.25, 0.3) is 65.4 Å². The molecule has 1 saturated heterocycles. The summed E-state index contributed by atoms with van der Waals surface area (Å²) in [5.41, 5.74) is 10.2. The van der Waals surface area contributed by atoms with Crippen LogP contribution in [0.4, 0.5) is 0 Å². The molecule has 2 N–H and O–H groups in total. The van der Waals surface area contributed by atoms with Crippen molar-refractivity contribution in [2.45, 2.75) is 26.3 Å². The number of hydrogen-bond donors (Lipinski definition) is 2. The fourth-order valence-corrected chi connectivity index (χ4v) is 7.16. The van der Waals surface area contributed by atoms with Crippen LogP contribution < -0.4 is 4.72 Å². The zero-order chi connectivity index (χ0) is 29.2. The number of rotatable bonds is 6. The fraction of sp³-hybridized carbons (Fsp3) is 0.128. The van der Waals surface area contributed by atoms with E-state index in [1.54, 1.807) is 11.5 Å². The summed E-state index contributed by atoms with van der Waals surface area (Å²) in [6, 6.07) is 45.6. The summed E-state index contributed by atoms with van der Waals surface area (Å²) in [4.78, 5) is 1.28. The minimum Gasteiger partial charge on any atom is -0.316 e. The van der Waals surface area contributed by atoms with Gasteiger partial charge in [0.2, 0.25) is 0 Å². The molecule has 0 bridgehead atoms. The first kappa shape index (κ1) is 27.7. The van der Waals surface area contributed by atoms with Crippen LogP contribution in [0.15, 0.2) is 128 Å². The van der Waals surface area contributed by atoms with Gasteiger partial charge in [0.25, 0.3) is 0 Å². The second-order valence-corrected chi connectivity index (χ2v) is 12.5. The molecule has 2 nitrogen and oxygen atoms in total. The molecular formula is C39H34N2S2. The number of fused-ring (bicyclic) bond motifs is 2. The Morgan fingerprint density at radius 1 is 0.581 bits per heavy atom. The highest BCUT2D eigenvalue weighted by Crippen LogP contribution is 2.45. The molecule has 0 radical (unpaired) electrons. The number of aromatic nitrogens is 1. The van der Waals surface area contributed by atoms with Gasteiger partial charge in [-0.3, -0.25) is 4.72 Å². The molecule has 1 fully saturated rings. The van der Waals surface area contributed by atoms with E-state index in [9.17, 15) is 0 Å². The quantitative estimate of drug-likeness (QED) is 0.148. The van der Waals surface area contributed by atoms with Gasteiger partial charge in [0.1, 0.15) is 0 Å². The number of nitrogens with one attached hydrogen (secondary N) is 2. The molecule has 8 rings (SSSR count). The maximum absolute atomic E-state index is 3.46. The van der Waals surface area contributed by atoms with Crippen molar-refractivity contribution in [3.63, 3.8) is 0 Å². The predicted octanol–water partition coefficient (Wildman–Crippen LogP) is 11.2. The summed E-state index contributed by atoms with van der Waals surface area (Å²) in [6.07, 6.45) is 3.14. The van der Waals surface area contributed by atoms with E-state index in [4.69, 9.17) is 0 Å². The van der Waals surface area contributed by atoms with E-state index < -0.39 is 0 Å². The van der Waals surface area contributed by atoms with E-state index in [2.05, 4.69) is 137 Å². The van der Waals surface area contributed by atoms with Crippen LogP contribution in [0.5, 0.6) is 0 Å². The van der Waals surface area contributed by atoms with Crippen LogP contribution >= 0.6 is 23.5 Å². The minimum atomic E-state index is 0.585. The zero-order valence-electron chi connectivity index (χ0n) is 24.4. The lowest BCUT2D eigenvalue weighted by Crippen LogP contribution is -2.38.